The van der Waals surface area contributed by atoms with Gasteiger partial charge in [0.2, 0.25) is 23.2 Å². The maximum Gasteiger partial charge on any atom is 0.247 e. The molecule has 0 radical (unpaired) electrons. The molecule has 160 valence electrons. The summed E-state index contributed by atoms with van der Waals surface area (Å²) in [5.41, 5.74) is 0.956. The Hall–Kier alpha value is -2.78. The van der Waals surface area contributed by atoms with Crippen LogP contribution in [0.5, 0.6) is 5.88 Å². The van der Waals surface area contributed by atoms with Crippen LogP contribution < -0.4 is 9.64 Å². The molecule has 1 atom stereocenters. The van der Waals surface area contributed by atoms with E-state index in [-0.39, 0.29) is 29.5 Å². The Morgan fingerprint density at radius 3 is 2.77 bits per heavy atom. The molecule has 10 heteroatoms. The third-order valence-corrected chi connectivity index (χ3v) is 5.61. The van der Waals surface area contributed by atoms with Crippen LogP contribution in [-0.4, -0.2) is 26.8 Å². The highest BCUT2D eigenvalue weighted by molar-refractivity contribution is 7.99. The van der Waals surface area contributed by atoms with Gasteiger partial charge in [0.25, 0.3) is 0 Å². The molecule has 0 saturated carbocycles. The maximum atomic E-state index is 14.8. The summed E-state index contributed by atoms with van der Waals surface area (Å²) < 4.78 is 34.9. The van der Waals surface area contributed by atoms with E-state index in [1.807, 2.05) is 6.92 Å². The minimum Gasteiger partial charge on any atom is -0.447 e. The number of amides is 1. The lowest BCUT2D eigenvalue weighted by atomic mass is 10.1. The molecule has 0 unspecified atom stereocenters. The fourth-order valence-corrected chi connectivity index (χ4v) is 3.96. The van der Waals surface area contributed by atoms with Crippen molar-refractivity contribution in [1.29, 1.82) is 0 Å². The first kappa shape index (κ1) is 21.5. The average molecular weight is 463 g/mol. The first-order chi connectivity index (χ1) is 14.9. The number of rotatable bonds is 4. The van der Waals surface area contributed by atoms with Gasteiger partial charge in [-0.15, -0.1) is 10.2 Å². The highest BCUT2D eigenvalue weighted by Gasteiger charge is 2.37. The van der Waals surface area contributed by atoms with Crippen LogP contribution in [0, 0.1) is 11.6 Å². The molecule has 0 bridgehead atoms. The minimum absolute atomic E-state index is 0.0505. The lowest BCUT2D eigenvalue weighted by Gasteiger charge is -2.30. The Morgan fingerprint density at radius 1 is 1.23 bits per heavy atom. The summed E-state index contributed by atoms with van der Waals surface area (Å²) in [6.07, 6.45) is -1.20. The van der Waals surface area contributed by atoms with E-state index in [9.17, 15) is 13.6 Å². The first-order valence-electron chi connectivity index (χ1n) is 9.54. The van der Waals surface area contributed by atoms with Crippen molar-refractivity contribution >= 4 is 35.0 Å². The second kappa shape index (κ2) is 8.76. The molecule has 0 N–H and O–H groups in total. The number of halogens is 3. The number of nitrogens with zero attached hydrogens (tertiary/aromatic N) is 4. The molecule has 31 heavy (non-hydrogen) atoms. The number of carbonyl (C=O) groups excluding carboxylic acids is 1. The van der Waals surface area contributed by atoms with E-state index in [2.05, 4.69) is 15.2 Å². The molecule has 4 rings (SSSR count). The molecular formula is C21H17ClF2N4O2S. The smallest absolute Gasteiger partial charge is 0.247 e. The van der Waals surface area contributed by atoms with E-state index >= 15 is 0 Å². The van der Waals surface area contributed by atoms with E-state index in [0.717, 1.165) is 6.07 Å². The summed E-state index contributed by atoms with van der Waals surface area (Å²) in [4.78, 5) is 18.7. The number of hydrogen-bond acceptors (Lipinski definition) is 6. The zero-order valence-corrected chi connectivity index (χ0v) is 18.2. The molecule has 1 aliphatic rings. The molecule has 6 nitrogen and oxygen atoms in total. The van der Waals surface area contributed by atoms with Gasteiger partial charge in [0.1, 0.15) is 0 Å². The maximum absolute atomic E-state index is 14.8. The number of carbonyl (C=O) groups is 1. The third-order valence-electron chi connectivity index (χ3n) is 4.66. The molecule has 0 spiro atoms. The van der Waals surface area contributed by atoms with Crippen molar-refractivity contribution in [2.45, 2.75) is 31.7 Å². The lowest BCUT2D eigenvalue weighted by molar-refractivity contribution is -0.120. The molecule has 0 fully saturated rings. The molecule has 2 aromatic carbocycles. The van der Waals surface area contributed by atoms with Gasteiger partial charge < -0.3 is 4.74 Å². The van der Waals surface area contributed by atoms with E-state index < -0.39 is 17.9 Å². The first-order valence-corrected chi connectivity index (χ1v) is 10.9. The topological polar surface area (TPSA) is 68.2 Å². The van der Waals surface area contributed by atoms with E-state index in [1.54, 1.807) is 25.1 Å². The summed E-state index contributed by atoms with van der Waals surface area (Å²) in [5.74, 6) is -1.76. The standard InChI is InChI=1S/C21H17ClF2N4O2S/c1-3-16(29)28-15-9-8-11(22)10-13(15)18-19(25-21(27-26-18)31-4-2)30-20(28)12-6-5-7-14(23)17(12)24/h5-10,20H,3-4H2,1-2H3/t20-/m1/s1. The fourth-order valence-electron chi connectivity index (χ4n) is 3.28. The van der Waals surface area contributed by atoms with Crippen LogP contribution in [0.4, 0.5) is 14.5 Å². The molecule has 0 saturated heterocycles. The van der Waals surface area contributed by atoms with Gasteiger partial charge in [-0.2, -0.15) is 4.98 Å². The number of hydrogen-bond donors (Lipinski definition) is 0. The quantitative estimate of drug-likeness (QED) is 0.482. The number of anilines is 1. The van der Waals surface area contributed by atoms with Crippen LogP contribution in [0.25, 0.3) is 11.3 Å². The summed E-state index contributed by atoms with van der Waals surface area (Å²) in [6.45, 7) is 3.60. The van der Waals surface area contributed by atoms with Crippen LogP contribution in [0.15, 0.2) is 41.6 Å². The van der Waals surface area contributed by atoms with Crippen molar-refractivity contribution in [3.8, 4) is 17.1 Å². The largest absolute Gasteiger partial charge is 0.447 e. The van der Waals surface area contributed by atoms with Crippen LogP contribution >= 0.6 is 23.4 Å². The molecule has 1 aromatic heterocycles. The van der Waals surface area contributed by atoms with Crippen LogP contribution in [-0.2, 0) is 4.79 Å². The Morgan fingerprint density at radius 2 is 2.03 bits per heavy atom. The van der Waals surface area contributed by atoms with Crippen molar-refractivity contribution in [2.75, 3.05) is 10.7 Å². The van der Waals surface area contributed by atoms with Gasteiger partial charge in [-0.05, 0) is 30.0 Å². The van der Waals surface area contributed by atoms with Crippen molar-refractivity contribution in [3.63, 3.8) is 0 Å². The predicted molar refractivity (Wildman–Crippen MR) is 114 cm³/mol. The Labute approximate surface area is 186 Å². The molecule has 1 amide bonds. The van der Waals surface area contributed by atoms with Gasteiger partial charge in [-0.25, -0.2) is 8.78 Å². The normalized spacial score (nSPS) is 15.0. The summed E-state index contributed by atoms with van der Waals surface area (Å²) in [7, 11) is 0. The van der Waals surface area contributed by atoms with Crippen molar-refractivity contribution in [1.82, 2.24) is 15.2 Å². The number of benzene rings is 2. The van der Waals surface area contributed by atoms with Gasteiger partial charge in [-0.3, -0.25) is 9.69 Å². The van der Waals surface area contributed by atoms with Gasteiger partial charge in [0.15, 0.2) is 17.3 Å². The fraction of sp³-hybridized carbons (Fsp3) is 0.238. The number of aromatic nitrogens is 3. The van der Waals surface area contributed by atoms with Crippen molar-refractivity contribution < 1.29 is 18.3 Å². The zero-order valence-electron chi connectivity index (χ0n) is 16.6. The molecule has 2 heterocycles. The molecule has 1 aliphatic heterocycles. The van der Waals surface area contributed by atoms with E-state index in [0.29, 0.717) is 27.2 Å². The van der Waals surface area contributed by atoms with Crippen LogP contribution in [0.1, 0.15) is 32.1 Å². The van der Waals surface area contributed by atoms with Crippen LogP contribution in [0.2, 0.25) is 5.02 Å². The van der Waals surface area contributed by atoms with Crippen molar-refractivity contribution in [3.05, 3.63) is 58.6 Å². The minimum atomic E-state index is -1.31. The summed E-state index contributed by atoms with van der Waals surface area (Å²) in [5, 5.41) is 9.12. The second-order valence-electron chi connectivity index (χ2n) is 6.57. The number of thioether (sulfide) groups is 1. The average Bonchev–Trinajstić information content (AvgIpc) is 2.89. The van der Waals surface area contributed by atoms with Crippen molar-refractivity contribution in [2.24, 2.45) is 0 Å². The van der Waals surface area contributed by atoms with Crippen LogP contribution in [0.3, 0.4) is 0 Å². The van der Waals surface area contributed by atoms with Gasteiger partial charge >= 0.3 is 0 Å². The van der Waals surface area contributed by atoms with Gasteiger partial charge in [0, 0.05) is 17.0 Å². The monoisotopic (exact) mass is 462 g/mol. The summed E-state index contributed by atoms with van der Waals surface area (Å²) >= 11 is 7.56. The number of fused-ring (bicyclic) bond motifs is 3. The molecule has 0 aliphatic carbocycles. The molecular weight excluding hydrogens is 446 g/mol. The molecule has 3 aromatic rings. The Balaban J connectivity index is 2.01. The number of ether oxygens (including phenoxy) is 1. The van der Waals surface area contributed by atoms with E-state index in [1.165, 1.54) is 28.8 Å². The SMILES string of the molecule is CCSc1nnc2c(n1)O[C@H](c1cccc(F)c1F)N(C(=O)CC)c1ccc(Cl)cc1-2. The second-order valence-corrected chi connectivity index (χ2v) is 8.24. The van der Waals surface area contributed by atoms with Gasteiger partial charge in [0.05, 0.1) is 11.3 Å². The van der Waals surface area contributed by atoms with E-state index in [4.69, 9.17) is 16.3 Å². The highest BCUT2D eigenvalue weighted by atomic mass is 35.5. The zero-order chi connectivity index (χ0) is 22.1. The highest BCUT2D eigenvalue weighted by Crippen LogP contribution is 2.45. The Bertz CT molecular complexity index is 1160. The Kier molecular flexibility index (Phi) is 6.06. The summed E-state index contributed by atoms with van der Waals surface area (Å²) in [6, 6.07) is 8.56. The third kappa shape index (κ3) is 3.95. The van der Waals surface area contributed by atoms with Gasteiger partial charge in [-0.1, -0.05) is 49.3 Å². The predicted octanol–water partition coefficient (Wildman–Crippen LogP) is 5.42. The lowest BCUT2D eigenvalue weighted by Crippen LogP contribution is -2.37.